The third-order valence-corrected chi connectivity index (χ3v) is 4.83. The molecule has 6 heteroatoms. The summed E-state index contributed by atoms with van der Waals surface area (Å²) >= 11 is 1.38. The second-order valence-corrected chi connectivity index (χ2v) is 6.67. The smallest absolute Gasteiger partial charge is 0.282 e. The van der Waals surface area contributed by atoms with E-state index in [1.165, 1.54) is 16.3 Å². The normalized spacial score (nSPS) is 15.6. The van der Waals surface area contributed by atoms with Gasteiger partial charge >= 0.3 is 0 Å². The molecule has 3 aromatic rings. The van der Waals surface area contributed by atoms with E-state index in [1.54, 1.807) is 37.3 Å². The molecule has 0 bridgehead atoms. The van der Waals surface area contributed by atoms with E-state index < -0.39 is 0 Å². The molecule has 5 nitrogen and oxygen atoms in total. The summed E-state index contributed by atoms with van der Waals surface area (Å²) in [5.41, 5.74) is 3.81. The lowest BCUT2D eigenvalue weighted by Crippen LogP contribution is -2.21. The monoisotopic (exact) mass is 361 g/mol. The van der Waals surface area contributed by atoms with Crippen LogP contribution in [0.1, 0.15) is 12.5 Å². The summed E-state index contributed by atoms with van der Waals surface area (Å²) in [5.74, 6) is -0.0160. The zero-order valence-corrected chi connectivity index (χ0v) is 14.8. The molecule has 0 saturated carbocycles. The number of thiazole rings is 1. The number of hydrogen-bond donors (Lipinski definition) is 1. The zero-order chi connectivity index (χ0) is 18.1. The highest BCUT2D eigenvalue weighted by atomic mass is 32.1. The van der Waals surface area contributed by atoms with Gasteiger partial charge in [0.05, 0.1) is 17.0 Å². The highest BCUT2D eigenvalue weighted by molar-refractivity contribution is 7.14. The number of amides is 1. The summed E-state index contributed by atoms with van der Waals surface area (Å²) in [5, 5.41) is 17.6. The molecule has 1 aliphatic heterocycles. The average Bonchev–Trinajstić information content (AvgIpc) is 3.25. The molecule has 0 unspecified atom stereocenters. The molecule has 0 aliphatic carbocycles. The van der Waals surface area contributed by atoms with Crippen LogP contribution in [0.25, 0.3) is 17.3 Å². The minimum atomic E-state index is -0.204. The van der Waals surface area contributed by atoms with Crippen molar-refractivity contribution in [2.75, 3.05) is 5.01 Å². The molecule has 0 spiro atoms. The molecule has 1 N–H and O–H groups in total. The van der Waals surface area contributed by atoms with Crippen LogP contribution >= 0.6 is 11.3 Å². The molecule has 2 heterocycles. The Labute approximate surface area is 154 Å². The summed E-state index contributed by atoms with van der Waals surface area (Å²) in [6.07, 6.45) is 1.77. The van der Waals surface area contributed by atoms with Gasteiger partial charge in [0.25, 0.3) is 5.91 Å². The third kappa shape index (κ3) is 3.02. The number of rotatable bonds is 3. The number of anilines is 1. The first-order chi connectivity index (χ1) is 12.6. The third-order valence-electron chi connectivity index (χ3n) is 4.01. The molecule has 0 atom stereocenters. The van der Waals surface area contributed by atoms with Crippen molar-refractivity contribution in [1.29, 1.82) is 0 Å². The number of aromatic nitrogens is 1. The van der Waals surface area contributed by atoms with Crippen molar-refractivity contribution < 1.29 is 9.90 Å². The predicted octanol–water partition coefficient (Wildman–Crippen LogP) is 4.32. The lowest BCUT2D eigenvalue weighted by atomic mass is 10.1. The molecule has 0 radical (unpaired) electrons. The quantitative estimate of drug-likeness (QED) is 0.707. The first-order valence-corrected chi connectivity index (χ1v) is 8.91. The van der Waals surface area contributed by atoms with Crippen LogP contribution in [0, 0.1) is 0 Å². The zero-order valence-electron chi connectivity index (χ0n) is 14.0. The second kappa shape index (κ2) is 6.57. The standard InChI is InChI=1S/C20H15N3O2S/c1-13-17(11-14-7-9-16(24)10-8-14)19(25)23(22-13)20-21-18(12-26-20)15-5-3-2-4-6-15/h2-12,24H,1H3/b17-11-. The van der Waals surface area contributed by atoms with Crippen molar-refractivity contribution in [3.63, 3.8) is 0 Å². The fourth-order valence-corrected chi connectivity index (χ4v) is 3.43. The van der Waals surface area contributed by atoms with Crippen molar-refractivity contribution >= 4 is 34.2 Å². The fourth-order valence-electron chi connectivity index (χ4n) is 2.65. The number of phenols is 1. The lowest BCUT2D eigenvalue weighted by molar-refractivity contribution is -0.114. The number of aromatic hydroxyl groups is 1. The number of carbonyl (C=O) groups excluding carboxylic acids is 1. The van der Waals surface area contributed by atoms with Gasteiger partial charge in [-0.05, 0) is 30.7 Å². The van der Waals surface area contributed by atoms with Gasteiger partial charge in [0.15, 0.2) is 0 Å². The Balaban J connectivity index is 1.63. The van der Waals surface area contributed by atoms with Gasteiger partial charge in [-0.2, -0.15) is 10.1 Å². The van der Waals surface area contributed by atoms with Gasteiger partial charge in [-0.3, -0.25) is 4.79 Å². The number of hydrogen-bond acceptors (Lipinski definition) is 5. The van der Waals surface area contributed by atoms with E-state index in [1.807, 2.05) is 35.7 Å². The number of nitrogens with zero attached hydrogens (tertiary/aromatic N) is 3. The molecule has 4 rings (SSSR count). The van der Waals surface area contributed by atoms with E-state index in [9.17, 15) is 9.90 Å². The molecule has 0 saturated heterocycles. The molecular formula is C20H15N3O2S. The second-order valence-electron chi connectivity index (χ2n) is 5.83. The number of phenolic OH excluding ortho intramolecular Hbond substituents is 1. The number of hydrazone groups is 1. The molecule has 2 aromatic carbocycles. The summed E-state index contributed by atoms with van der Waals surface area (Å²) in [7, 11) is 0. The Kier molecular flexibility index (Phi) is 4.10. The van der Waals surface area contributed by atoms with E-state index in [4.69, 9.17) is 0 Å². The van der Waals surface area contributed by atoms with E-state index in [-0.39, 0.29) is 11.7 Å². The molecule has 26 heavy (non-hydrogen) atoms. The van der Waals surface area contributed by atoms with Gasteiger partial charge in [-0.1, -0.05) is 42.5 Å². The summed E-state index contributed by atoms with van der Waals surface area (Å²) in [6, 6.07) is 16.5. The predicted molar refractivity (Wildman–Crippen MR) is 104 cm³/mol. The SMILES string of the molecule is CC1=NN(c2nc(-c3ccccc3)cs2)C(=O)/C1=C\c1ccc(O)cc1. The summed E-state index contributed by atoms with van der Waals surface area (Å²) in [4.78, 5) is 17.4. The molecule has 1 aromatic heterocycles. The van der Waals surface area contributed by atoms with Gasteiger partial charge in [0.1, 0.15) is 5.75 Å². The Bertz CT molecular complexity index is 1020. The molecule has 1 amide bonds. The molecule has 1 aliphatic rings. The molecular weight excluding hydrogens is 346 g/mol. The minimum absolute atomic E-state index is 0.188. The van der Waals surface area contributed by atoms with Crippen LogP contribution in [-0.2, 0) is 4.79 Å². The van der Waals surface area contributed by atoms with Crippen LogP contribution in [0.5, 0.6) is 5.75 Å². The maximum Gasteiger partial charge on any atom is 0.282 e. The first-order valence-electron chi connectivity index (χ1n) is 8.03. The van der Waals surface area contributed by atoms with Gasteiger partial charge in [0, 0.05) is 10.9 Å². The van der Waals surface area contributed by atoms with Crippen LogP contribution in [0.4, 0.5) is 5.13 Å². The maximum absolute atomic E-state index is 12.8. The van der Waals surface area contributed by atoms with Gasteiger partial charge < -0.3 is 5.11 Å². The molecule has 0 fully saturated rings. The largest absolute Gasteiger partial charge is 0.508 e. The first kappa shape index (κ1) is 16.2. The van der Waals surface area contributed by atoms with Gasteiger partial charge in [-0.15, -0.1) is 11.3 Å². The van der Waals surface area contributed by atoms with Crippen LogP contribution in [0.15, 0.2) is 70.7 Å². The van der Waals surface area contributed by atoms with Gasteiger partial charge in [0.2, 0.25) is 5.13 Å². The lowest BCUT2D eigenvalue weighted by Gasteiger charge is -2.06. The van der Waals surface area contributed by atoms with E-state index in [0.717, 1.165) is 16.8 Å². The van der Waals surface area contributed by atoms with Crippen LogP contribution in [0.2, 0.25) is 0 Å². The Morgan fingerprint density at radius 2 is 1.81 bits per heavy atom. The maximum atomic E-state index is 12.8. The summed E-state index contributed by atoms with van der Waals surface area (Å²) < 4.78 is 0. The fraction of sp³-hybridized carbons (Fsp3) is 0.0500. The minimum Gasteiger partial charge on any atom is -0.508 e. The Morgan fingerprint density at radius 1 is 1.08 bits per heavy atom. The summed E-state index contributed by atoms with van der Waals surface area (Å²) in [6.45, 7) is 1.80. The highest BCUT2D eigenvalue weighted by Gasteiger charge is 2.30. The Morgan fingerprint density at radius 3 is 2.54 bits per heavy atom. The van der Waals surface area contributed by atoms with Crippen molar-refractivity contribution in [2.45, 2.75) is 6.92 Å². The van der Waals surface area contributed by atoms with Gasteiger partial charge in [-0.25, -0.2) is 4.98 Å². The Hall–Kier alpha value is -3.25. The number of carbonyl (C=O) groups is 1. The highest BCUT2D eigenvalue weighted by Crippen LogP contribution is 2.31. The van der Waals surface area contributed by atoms with E-state index in [0.29, 0.717) is 16.4 Å². The van der Waals surface area contributed by atoms with Crippen molar-refractivity contribution in [3.8, 4) is 17.0 Å². The van der Waals surface area contributed by atoms with E-state index >= 15 is 0 Å². The molecule has 128 valence electrons. The number of benzene rings is 2. The van der Waals surface area contributed by atoms with Crippen molar-refractivity contribution in [1.82, 2.24) is 4.98 Å². The van der Waals surface area contributed by atoms with Crippen LogP contribution < -0.4 is 5.01 Å². The van der Waals surface area contributed by atoms with Crippen molar-refractivity contribution in [3.05, 3.63) is 71.1 Å². The van der Waals surface area contributed by atoms with Crippen molar-refractivity contribution in [2.24, 2.45) is 5.10 Å². The average molecular weight is 361 g/mol. The topological polar surface area (TPSA) is 65.8 Å². The van der Waals surface area contributed by atoms with E-state index in [2.05, 4.69) is 10.1 Å². The van der Waals surface area contributed by atoms with Crippen LogP contribution in [0.3, 0.4) is 0 Å². The van der Waals surface area contributed by atoms with Crippen LogP contribution in [-0.4, -0.2) is 21.7 Å².